The molecule has 0 aromatic rings. The summed E-state index contributed by atoms with van der Waals surface area (Å²) < 4.78 is 4.65. The topological polar surface area (TPSA) is 69.4 Å². The predicted octanol–water partition coefficient (Wildman–Crippen LogP) is 2.24. The van der Waals surface area contributed by atoms with Crippen LogP contribution in [0.25, 0.3) is 0 Å². The number of hydrogen-bond acceptors (Lipinski definition) is 3. The van der Waals surface area contributed by atoms with Crippen LogP contribution < -0.4 is 5.73 Å². The molecule has 5 heteroatoms. The second kappa shape index (κ2) is 11.7. The van der Waals surface area contributed by atoms with Gasteiger partial charge in [-0.2, -0.15) is 0 Å². The first-order valence-electron chi connectivity index (χ1n) is 4.15. The van der Waals surface area contributed by atoms with Gasteiger partial charge in [0.15, 0.2) is 3.79 Å². The number of unbranched alkanes of at least 4 members (excludes halogenated alkanes) is 1. The van der Waals surface area contributed by atoms with Crippen molar-refractivity contribution < 1.29 is 14.3 Å². The molecule has 0 heterocycles. The van der Waals surface area contributed by atoms with Crippen molar-refractivity contribution in [3.8, 4) is 0 Å². The third-order valence-electron chi connectivity index (χ3n) is 1.02. The molecular formula is C8H16INO3. The number of rotatable bonds is 4. The maximum atomic E-state index is 9.87. The van der Waals surface area contributed by atoms with E-state index in [4.69, 9.17) is 0 Å². The molecule has 0 bridgehead atoms. The van der Waals surface area contributed by atoms with Crippen LogP contribution in [0.15, 0.2) is 0 Å². The summed E-state index contributed by atoms with van der Waals surface area (Å²) in [6.07, 6.45) is 1.88. The van der Waals surface area contributed by atoms with Crippen LogP contribution in [0.1, 0.15) is 33.1 Å². The van der Waals surface area contributed by atoms with Crippen molar-refractivity contribution in [2.24, 2.45) is 5.73 Å². The van der Waals surface area contributed by atoms with Gasteiger partial charge in [-0.05, 0) is 29.0 Å². The molecule has 0 radical (unpaired) electrons. The average molecular weight is 301 g/mol. The van der Waals surface area contributed by atoms with Crippen molar-refractivity contribution in [1.29, 1.82) is 0 Å². The van der Waals surface area contributed by atoms with Crippen LogP contribution in [0.2, 0.25) is 0 Å². The van der Waals surface area contributed by atoms with E-state index in [1.54, 1.807) is 22.6 Å². The fraction of sp³-hybridized carbons (Fsp3) is 0.750. The molecular weight excluding hydrogens is 285 g/mol. The molecule has 4 nitrogen and oxygen atoms in total. The molecule has 2 N–H and O–H groups in total. The highest BCUT2D eigenvalue weighted by molar-refractivity contribution is 14.1. The second-order valence-corrected chi connectivity index (χ2v) is 3.43. The minimum Gasteiger partial charge on any atom is -0.450 e. The minimum atomic E-state index is -0.682. The standard InChI is InChI=1S/C5H11NO2.C3H5IO/c1-2-3-4-8-5(6)7;1-2-3(4)5/h2-4H2,1H3,(H2,6,7);2H2,1H3. The van der Waals surface area contributed by atoms with Crippen molar-refractivity contribution in [3.05, 3.63) is 0 Å². The second-order valence-electron chi connectivity index (χ2n) is 2.23. The Morgan fingerprint density at radius 1 is 1.38 bits per heavy atom. The summed E-state index contributed by atoms with van der Waals surface area (Å²) >= 11 is 1.77. The highest BCUT2D eigenvalue weighted by Crippen LogP contribution is 1.87. The maximum Gasteiger partial charge on any atom is 0.404 e. The molecule has 0 aliphatic carbocycles. The molecule has 0 aliphatic heterocycles. The maximum absolute atomic E-state index is 9.87. The molecule has 0 aliphatic rings. The van der Waals surface area contributed by atoms with Gasteiger partial charge in [-0.1, -0.05) is 20.3 Å². The molecule has 0 saturated heterocycles. The van der Waals surface area contributed by atoms with Crippen LogP contribution in [0.4, 0.5) is 4.79 Å². The Hall–Kier alpha value is -0.330. The number of amides is 1. The zero-order valence-electron chi connectivity index (χ0n) is 8.01. The van der Waals surface area contributed by atoms with Crippen molar-refractivity contribution >= 4 is 32.5 Å². The summed E-state index contributed by atoms with van der Waals surface area (Å²) in [4.78, 5) is 19.7. The first-order valence-corrected chi connectivity index (χ1v) is 5.23. The van der Waals surface area contributed by atoms with Gasteiger partial charge in [0, 0.05) is 6.42 Å². The number of hydrogen-bond donors (Lipinski definition) is 1. The number of nitrogens with two attached hydrogens (primary N) is 1. The molecule has 0 rings (SSSR count). The smallest absolute Gasteiger partial charge is 0.404 e. The summed E-state index contributed by atoms with van der Waals surface area (Å²) in [5.41, 5.74) is 4.67. The Labute approximate surface area is 92.3 Å². The van der Waals surface area contributed by atoms with Gasteiger partial charge in [0.1, 0.15) is 0 Å². The lowest BCUT2D eigenvalue weighted by Crippen LogP contribution is -2.13. The van der Waals surface area contributed by atoms with E-state index in [0.717, 1.165) is 12.8 Å². The Kier molecular flexibility index (Phi) is 13.6. The van der Waals surface area contributed by atoms with Crippen LogP contribution in [0.5, 0.6) is 0 Å². The largest absolute Gasteiger partial charge is 0.450 e. The van der Waals surface area contributed by atoms with E-state index in [2.05, 4.69) is 10.5 Å². The number of primary amides is 1. The van der Waals surface area contributed by atoms with Crippen molar-refractivity contribution in [2.45, 2.75) is 33.1 Å². The van der Waals surface area contributed by atoms with Crippen molar-refractivity contribution in [2.75, 3.05) is 6.61 Å². The van der Waals surface area contributed by atoms with Crippen LogP contribution >= 0.6 is 22.6 Å². The summed E-state index contributed by atoms with van der Waals surface area (Å²) in [6.45, 7) is 4.31. The summed E-state index contributed by atoms with van der Waals surface area (Å²) in [6, 6.07) is 0. The molecule has 0 saturated carbocycles. The molecule has 13 heavy (non-hydrogen) atoms. The third kappa shape index (κ3) is 24.5. The first kappa shape index (κ1) is 15.2. The normalized spacial score (nSPS) is 8.23. The predicted molar refractivity (Wildman–Crippen MR) is 59.8 cm³/mol. The van der Waals surface area contributed by atoms with E-state index in [0.29, 0.717) is 13.0 Å². The number of ether oxygens (including phenoxy) is 1. The van der Waals surface area contributed by atoms with E-state index in [-0.39, 0.29) is 3.79 Å². The van der Waals surface area contributed by atoms with Gasteiger partial charge in [-0.3, -0.25) is 4.79 Å². The van der Waals surface area contributed by atoms with Crippen LogP contribution in [-0.4, -0.2) is 16.5 Å². The molecule has 0 spiro atoms. The van der Waals surface area contributed by atoms with Gasteiger partial charge in [0.25, 0.3) is 0 Å². The highest BCUT2D eigenvalue weighted by atomic mass is 127. The lowest BCUT2D eigenvalue weighted by atomic mass is 10.4. The van der Waals surface area contributed by atoms with Crippen molar-refractivity contribution in [3.63, 3.8) is 0 Å². The Balaban J connectivity index is 0. The van der Waals surface area contributed by atoms with Crippen molar-refractivity contribution in [1.82, 2.24) is 0 Å². The van der Waals surface area contributed by atoms with Gasteiger partial charge >= 0.3 is 6.09 Å². The quantitative estimate of drug-likeness (QED) is 0.492. The summed E-state index contributed by atoms with van der Waals surface area (Å²) in [5.74, 6) is 0. The number of carbonyl (C=O) groups excluding carboxylic acids is 2. The molecule has 1 amide bonds. The van der Waals surface area contributed by atoms with Gasteiger partial charge in [-0.25, -0.2) is 4.79 Å². The number of halogens is 1. The van der Waals surface area contributed by atoms with E-state index < -0.39 is 6.09 Å². The summed E-state index contributed by atoms with van der Waals surface area (Å²) in [7, 11) is 0. The van der Waals surface area contributed by atoms with Crippen LogP contribution in [0.3, 0.4) is 0 Å². The van der Waals surface area contributed by atoms with Gasteiger partial charge in [-0.15, -0.1) is 0 Å². The molecule has 78 valence electrons. The van der Waals surface area contributed by atoms with Crippen LogP contribution in [-0.2, 0) is 9.53 Å². The third-order valence-corrected chi connectivity index (χ3v) is 1.78. The molecule has 0 aromatic heterocycles. The molecule has 0 aromatic carbocycles. The lowest BCUT2D eigenvalue weighted by molar-refractivity contribution is -0.109. The zero-order valence-corrected chi connectivity index (χ0v) is 10.2. The van der Waals surface area contributed by atoms with E-state index in [9.17, 15) is 9.59 Å². The number of carbonyl (C=O) groups is 2. The van der Waals surface area contributed by atoms with E-state index in [1.807, 2.05) is 13.8 Å². The van der Waals surface area contributed by atoms with E-state index >= 15 is 0 Å². The summed E-state index contributed by atoms with van der Waals surface area (Å²) in [5, 5.41) is 0. The first-order chi connectivity index (χ1) is 6.04. The van der Waals surface area contributed by atoms with E-state index in [1.165, 1.54) is 0 Å². The van der Waals surface area contributed by atoms with Gasteiger partial charge in [0.05, 0.1) is 6.61 Å². The average Bonchev–Trinajstić information content (AvgIpc) is 2.05. The lowest BCUT2D eigenvalue weighted by Gasteiger charge is -1.95. The molecule has 0 atom stereocenters. The Morgan fingerprint density at radius 2 is 1.85 bits per heavy atom. The SMILES string of the molecule is CCC(=O)I.CCCCOC(N)=O. The monoisotopic (exact) mass is 301 g/mol. The fourth-order valence-corrected chi connectivity index (χ4v) is 0.317. The molecule has 0 fully saturated rings. The van der Waals surface area contributed by atoms with Gasteiger partial charge < -0.3 is 10.5 Å². The minimum absolute atomic E-state index is 0.225. The Morgan fingerprint density at radius 3 is 2.08 bits per heavy atom. The highest BCUT2D eigenvalue weighted by Gasteiger charge is 1.88. The fourth-order valence-electron chi connectivity index (χ4n) is 0.317. The van der Waals surface area contributed by atoms with Crippen LogP contribution in [0, 0.1) is 0 Å². The zero-order chi connectivity index (χ0) is 10.7. The molecule has 0 unspecified atom stereocenters. The van der Waals surface area contributed by atoms with Gasteiger partial charge in [0.2, 0.25) is 0 Å². The Bertz CT molecular complexity index is 150.